The summed E-state index contributed by atoms with van der Waals surface area (Å²) in [5, 5.41) is 18.4. The Morgan fingerprint density at radius 1 is 1.06 bits per heavy atom. The molecule has 172 valence electrons. The Labute approximate surface area is 192 Å². The van der Waals surface area contributed by atoms with E-state index in [9.17, 15) is 17.9 Å². The molecule has 10 heteroatoms. The summed E-state index contributed by atoms with van der Waals surface area (Å²) in [6, 6.07) is 10.3. The topological polar surface area (TPSA) is 88.3 Å². The first-order chi connectivity index (χ1) is 14.7. The Kier molecular flexibility index (Phi) is 6.14. The molecule has 1 aromatic heterocycles. The number of hydrogen-bond donors (Lipinski definition) is 1. The highest BCUT2D eigenvalue weighted by Crippen LogP contribution is 2.40. The van der Waals surface area contributed by atoms with Gasteiger partial charge >= 0.3 is 0 Å². The van der Waals surface area contributed by atoms with Crippen molar-refractivity contribution in [3.63, 3.8) is 0 Å². The summed E-state index contributed by atoms with van der Waals surface area (Å²) in [5.41, 5.74) is -1.96. The molecule has 0 aliphatic heterocycles. The summed E-state index contributed by atoms with van der Waals surface area (Å²) >= 11 is 6.09. The van der Waals surface area contributed by atoms with E-state index in [1.807, 2.05) is 0 Å². The lowest BCUT2D eigenvalue weighted by Crippen LogP contribution is -2.46. The van der Waals surface area contributed by atoms with E-state index in [1.54, 1.807) is 59.9 Å². The van der Waals surface area contributed by atoms with Gasteiger partial charge in [0.25, 0.3) is 10.0 Å². The zero-order valence-electron chi connectivity index (χ0n) is 18.8. The number of rotatable bonds is 5. The maximum atomic E-state index is 14.7. The van der Waals surface area contributed by atoms with Gasteiger partial charge in [-0.1, -0.05) is 29.8 Å². The van der Waals surface area contributed by atoms with Gasteiger partial charge in [-0.15, -0.1) is 10.2 Å². The van der Waals surface area contributed by atoms with Crippen LogP contribution in [0.1, 0.15) is 40.4 Å². The van der Waals surface area contributed by atoms with Crippen molar-refractivity contribution in [2.24, 2.45) is 7.05 Å². The summed E-state index contributed by atoms with van der Waals surface area (Å²) in [6.07, 6.45) is 0. The highest BCUT2D eigenvalue weighted by Gasteiger charge is 2.37. The van der Waals surface area contributed by atoms with Gasteiger partial charge in [0, 0.05) is 24.2 Å². The molecular formula is C22H26ClFN4O3S. The fraction of sp³-hybridized carbons (Fsp3) is 0.364. The van der Waals surface area contributed by atoms with Gasteiger partial charge in [0.15, 0.2) is 11.6 Å². The molecule has 0 atom stereocenters. The molecule has 0 radical (unpaired) electrons. The number of aliphatic hydroxyl groups is 1. The van der Waals surface area contributed by atoms with E-state index in [0.717, 1.165) is 10.4 Å². The molecule has 0 bridgehead atoms. The summed E-state index contributed by atoms with van der Waals surface area (Å²) in [5.74, 6) is -0.281. The molecule has 0 amide bonds. The van der Waals surface area contributed by atoms with E-state index in [1.165, 1.54) is 22.8 Å². The van der Waals surface area contributed by atoms with Crippen molar-refractivity contribution < 1.29 is 17.9 Å². The normalized spacial score (nSPS) is 12.8. The minimum Gasteiger partial charge on any atom is -0.382 e. The fourth-order valence-corrected chi connectivity index (χ4v) is 5.54. The van der Waals surface area contributed by atoms with Crippen LogP contribution in [0.3, 0.4) is 0 Å². The van der Waals surface area contributed by atoms with E-state index in [2.05, 4.69) is 10.2 Å². The number of sulfonamides is 1. The van der Waals surface area contributed by atoms with Crippen molar-refractivity contribution in [3.05, 3.63) is 59.1 Å². The first-order valence-electron chi connectivity index (χ1n) is 9.88. The van der Waals surface area contributed by atoms with Crippen LogP contribution >= 0.6 is 11.6 Å². The van der Waals surface area contributed by atoms with Crippen LogP contribution < -0.4 is 4.31 Å². The zero-order chi connectivity index (χ0) is 24.1. The van der Waals surface area contributed by atoms with Gasteiger partial charge in [-0.3, -0.25) is 4.31 Å². The van der Waals surface area contributed by atoms with Crippen molar-refractivity contribution in [2.75, 3.05) is 4.31 Å². The second-order valence-electron chi connectivity index (χ2n) is 9.00. The smallest absolute Gasteiger partial charge is 0.264 e. The van der Waals surface area contributed by atoms with Gasteiger partial charge in [-0.05, 0) is 52.8 Å². The molecule has 32 heavy (non-hydrogen) atoms. The molecule has 7 nitrogen and oxygen atoms in total. The summed E-state index contributed by atoms with van der Waals surface area (Å²) < 4.78 is 44.8. The Hall–Kier alpha value is -2.49. The Morgan fingerprint density at radius 3 is 2.16 bits per heavy atom. The summed E-state index contributed by atoms with van der Waals surface area (Å²) in [6.45, 7) is 8.25. The molecule has 0 aliphatic carbocycles. The molecule has 0 saturated heterocycles. The third-order valence-electron chi connectivity index (χ3n) is 4.81. The van der Waals surface area contributed by atoms with Gasteiger partial charge in [-0.25, -0.2) is 12.8 Å². The number of hydrogen-bond acceptors (Lipinski definition) is 5. The lowest BCUT2D eigenvalue weighted by molar-refractivity contribution is 0.0655. The first-order valence-corrected chi connectivity index (χ1v) is 11.7. The predicted octanol–water partition coefficient (Wildman–Crippen LogP) is 4.50. The number of aromatic nitrogens is 3. The Balaban J connectivity index is 2.36. The molecule has 0 spiro atoms. The second kappa shape index (κ2) is 8.13. The molecule has 1 heterocycles. The average molecular weight is 481 g/mol. The molecule has 3 rings (SSSR count). The highest BCUT2D eigenvalue weighted by atomic mass is 35.5. The van der Waals surface area contributed by atoms with E-state index < -0.39 is 27.0 Å². The number of nitrogens with zero attached hydrogens (tertiary/aromatic N) is 4. The number of benzene rings is 2. The quantitative estimate of drug-likeness (QED) is 0.581. The number of halogens is 2. The molecule has 0 aliphatic rings. The van der Waals surface area contributed by atoms with Crippen molar-refractivity contribution in [1.29, 1.82) is 0 Å². The standard InChI is InChI=1S/C22H26ClFN4O3S/c1-21(2,3)28(32(30,31)14-10-8-7-9-11-14)18-13-17(24)16(23)12-15(18)19-25-26-20(27(19)6)22(4,5)29/h7-13,29H,1-6H3. The molecule has 0 fully saturated rings. The molecular weight excluding hydrogens is 455 g/mol. The Bertz CT molecular complexity index is 1250. The predicted molar refractivity (Wildman–Crippen MR) is 123 cm³/mol. The lowest BCUT2D eigenvalue weighted by Gasteiger charge is -2.37. The van der Waals surface area contributed by atoms with Crippen LogP contribution in [-0.2, 0) is 22.7 Å². The van der Waals surface area contributed by atoms with Gasteiger partial charge < -0.3 is 9.67 Å². The molecule has 1 N–H and O–H groups in total. The van der Waals surface area contributed by atoms with E-state index in [4.69, 9.17) is 11.6 Å². The van der Waals surface area contributed by atoms with Crippen LogP contribution in [-0.4, -0.2) is 33.8 Å². The molecule has 0 unspecified atom stereocenters. The molecule has 2 aromatic carbocycles. The minimum absolute atomic E-state index is 0.0565. The fourth-order valence-electron chi connectivity index (χ4n) is 3.53. The highest BCUT2D eigenvalue weighted by molar-refractivity contribution is 7.93. The van der Waals surface area contributed by atoms with E-state index in [-0.39, 0.29) is 32.8 Å². The van der Waals surface area contributed by atoms with Crippen molar-refractivity contribution >= 4 is 27.3 Å². The van der Waals surface area contributed by atoms with Gasteiger partial charge in [-0.2, -0.15) is 0 Å². The molecule has 0 saturated carbocycles. The minimum atomic E-state index is -4.09. The van der Waals surface area contributed by atoms with Crippen molar-refractivity contribution in [1.82, 2.24) is 14.8 Å². The summed E-state index contributed by atoms with van der Waals surface area (Å²) in [7, 11) is -2.45. The van der Waals surface area contributed by atoms with Crippen LogP contribution in [0, 0.1) is 5.82 Å². The second-order valence-corrected chi connectivity index (χ2v) is 11.2. The van der Waals surface area contributed by atoms with Crippen molar-refractivity contribution in [2.45, 2.75) is 50.7 Å². The zero-order valence-corrected chi connectivity index (χ0v) is 20.3. The van der Waals surface area contributed by atoms with Crippen LogP contribution in [0.5, 0.6) is 0 Å². The van der Waals surface area contributed by atoms with E-state index >= 15 is 0 Å². The largest absolute Gasteiger partial charge is 0.382 e. The molecule has 3 aromatic rings. The van der Waals surface area contributed by atoms with Crippen LogP contribution in [0.15, 0.2) is 47.4 Å². The van der Waals surface area contributed by atoms with Gasteiger partial charge in [0.1, 0.15) is 11.4 Å². The van der Waals surface area contributed by atoms with E-state index in [0.29, 0.717) is 0 Å². The Morgan fingerprint density at radius 2 is 1.66 bits per heavy atom. The maximum Gasteiger partial charge on any atom is 0.264 e. The third kappa shape index (κ3) is 4.37. The first kappa shape index (κ1) is 24.2. The average Bonchev–Trinajstić information content (AvgIpc) is 3.05. The maximum absolute atomic E-state index is 14.7. The van der Waals surface area contributed by atoms with Crippen LogP contribution in [0.2, 0.25) is 5.02 Å². The van der Waals surface area contributed by atoms with Gasteiger partial charge in [0.05, 0.1) is 15.6 Å². The van der Waals surface area contributed by atoms with Crippen LogP contribution in [0.25, 0.3) is 11.4 Å². The lowest BCUT2D eigenvalue weighted by atomic mass is 10.1. The monoisotopic (exact) mass is 480 g/mol. The van der Waals surface area contributed by atoms with Crippen molar-refractivity contribution in [3.8, 4) is 11.4 Å². The SMILES string of the molecule is Cn1c(-c2cc(Cl)c(F)cc2N(C(C)(C)C)S(=O)(=O)c2ccccc2)nnc1C(C)(C)O. The van der Waals surface area contributed by atoms with Gasteiger partial charge in [0.2, 0.25) is 0 Å². The number of anilines is 1. The van der Waals surface area contributed by atoms with Crippen LogP contribution in [0.4, 0.5) is 10.1 Å². The third-order valence-corrected chi connectivity index (χ3v) is 7.19. The summed E-state index contributed by atoms with van der Waals surface area (Å²) in [4.78, 5) is 0.0615.